The first-order chi connectivity index (χ1) is 12.0. The number of likely N-dealkylation sites (tertiary alicyclic amines) is 1. The van der Waals surface area contributed by atoms with Crippen LogP contribution in [-0.2, 0) is 6.42 Å². The van der Waals surface area contributed by atoms with Crippen molar-refractivity contribution in [3.8, 4) is 0 Å². The molecule has 25 heavy (non-hydrogen) atoms. The SMILES string of the molecule is CC(C)N1CCCC(CNC(=O)NC2CCc3c2ccc(Cl)c3Cl)C1. The summed E-state index contributed by atoms with van der Waals surface area (Å²) in [5.41, 5.74) is 2.16. The highest BCUT2D eigenvalue weighted by molar-refractivity contribution is 6.42. The normalized spacial score (nSPS) is 23.6. The van der Waals surface area contributed by atoms with Gasteiger partial charge in [-0.1, -0.05) is 29.3 Å². The van der Waals surface area contributed by atoms with E-state index in [-0.39, 0.29) is 12.1 Å². The zero-order valence-electron chi connectivity index (χ0n) is 14.9. The standard InChI is InChI=1S/C19H27Cl2N3O/c1-12(2)24-9-3-4-13(11-24)10-22-19(25)23-17-8-6-15-14(17)5-7-16(20)18(15)21/h5,7,12-13,17H,3-4,6,8-11H2,1-2H3,(H2,22,23,25). The molecular weight excluding hydrogens is 357 g/mol. The van der Waals surface area contributed by atoms with E-state index < -0.39 is 0 Å². The van der Waals surface area contributed by atoms with E-state index in [9.17, 15) is 4.79 Å². The van der Waals surface area contributed by atoms with Gasteiger partial charge in [0.15, 0.2) is 0 Å². The summed E-state index contributed by atoms with van der Waals surface area (Å²) in [6, 6.07) is 4.28. The lowest BCUT2D eigenvalue weighted by Crippen LogP contribution is -2.45. The molecule has 3 rings (SSSR count). The molecule has 2 atom stereocenters. The molecule has 1 saturated heterocycles. The van der Waals surface area contributed by atoms with Crippen molar-refractivity contribution < 1.29 is 4.79 Å². The number of hydrogen-bond acceptors (Lipinski definition) is 2. The Balaban J connectivity index is 1.51. The number of nitrogens with zero attached hydrogens (tertiary/aromatic N) is 1. The largest absolute Gasteiger partial charge is 0.338 e. The second kappa shape index (κ2) is 8.15. The Morgan fingerprint density at radius 1 is 1.32 bits per heavy atom. The van der Waals surface area contributed by atoms with Crippen molar-refractivity contribution >= 4 is 29.2 Å². The first kappa shape index (κ1) is 18.8. The fraction of sp³-hybridized carbons (Fsp3) is 0.632. The number of halogens is 2. The van der Waals surface area contributed by atoms with Gasteiger partial charge < -0.3 is 15.5 Å². The van der Waals surface area contributed by atoms with Crippen LogP contribution in [0.2, 0.25) is 10.0 Å². The van der Waals surface area contributed by atoms with Crippen LogP contribution in [0, 0.1) is 5.92 Å². The van der Waals surface area contributed by atoms with E-state index in [0.717, 1.165) is 37.1 Å². The van der Waals surface area contributed by atoms with Crippen LogP contribution in [0.1, 0.15) is 50.3 Å². The molecule has 1 aliphatic carbocycles. The maximum Gasteiger partial charge on any atom is 0.315 e. The maximum absolute atomic E-state index is 12.3. The lowest BCUT2D eigenvalue weighted by molar-refractivity contribution is 0.139. The summed E-state index contributed by atoms with van der Waals surface area (Å²) < 4.78 is 0. The predicted molar refractivity (Wildman–Crippen MR) is 103 cm³/mol. The lowest BCUT2D eigenvalue weighted by Gasteiger charge is -2.35. The summed E-state index contributed by atoms with van der Waals surface area (Å²) in [6.45, 7) is 7.44. The highest BCUT2D eigenvalue weighted by Crippen LogP contribution is 2.38. The van der Waals surface area contributed by atoms with Crippen molar-refractivity contribution in [1.29, 1.82) is 0 Å². The van der Waals surface area contributed by atoms with Gasteiger partial charge in [0.1, 0.15) is 0 Å². The molecule has 1 heterocycles. The average molecular weight is 384 g/mol. The van der Waals surface area contributed by atoms with Crippen molar-refractivity contribution in [2.75, 3.05) is 19.6 Å². The topological polar surface area (TPSA) is 44.4 Å². The molecule has 0 saturated carbocycles. The summed E-state index contributed by atoms with van der Waals surface area (Å²) in [5.74, 6) is 0.533. The van der Waals surface area contributed by atoms with Gasteiger partial charge >= 0.3 is 6.03 Å². The van der Waals surface area contributed by atoms with Crippen molar-refractivity contribution in [3.05, 3.63) is 33.3 Å². The second-order valence-corrected chi connectivity index (χ2v) is 8.26. The van der Waals surface area contributed by atoms with E-state index in [0.29, 0.717) is 22.0 Å². The van der Waals surface area contributed by atoms with Gasteiger partial charge in [0.05, 0.1) is 16.1 Å². The zero-order chi connectivity index (χ0) is 18.0. The van der Waals surface area contributed by atoms with Gasteiger partial charge in [-0.05, 0) is 69.2 Å². The molecule has 1 aromatic rings. The van der Waals surface area contributed by atoms with Crippen molar-refractivity contribution in [2.45, 2.75) is 51.6 Å². The Bertz CT molecular complexity index is 635. The number of benzene rings is 1. The average Bonchev–Trinajstić information content (AvgIpc) is 3.00. The van der Waals surface area contributed by atoms with E-state index >= 15 is 0 Å². The number of amides is 2. The highest BCUT2D eigenvalue weighted by Gasteiger charge is 2.27. The van der Waals surface area contributed by atoms with Crippen LogP contribution in [0.25, 0.3) is 0 Å². The number of urea groups is 1. The molecule has 0 aromatic heterocycles. The molecule has 0 spiro atoms. The fourth-order valence-electron chi connectivity index (χ4n) is 3.96. The zero-order valence-corrected chi connectivity index (χ0v) is 16.5. The van der Waals surface area contributed by atoms with Crippen LogP contribution in [-0.4, -0.2) is 36.6 Å². The molecule has 2 unspecified atom stereocenters. The van der Waals surface area contributed by atoms with E-state index in [1.54, 1.807) is 0 Å². The number of hydrogen-bond donors (Lipinski definition) is 2. The summed E-state index contributed by atoms with van der Waals surface area (Å²) in [4.78, 5) is 14.8. The van der Waals surface area contributed by atoms with Gasteiger partial charge in [-0.15, -0.1) is 0 Å². The van der Waals surface area contributed by atoms with Gasteiger partial charge in [-0.25, -0.2) is 4.79 Å². The monoisotopic (exact) mass is 383 g/mol. The summed E-state index contributed by atoms with van der Waals surface area (Å²) in [7, 11) is 0. The molecule has 1 aromatic carbocycles. The Kier molecular flexibility index (Phi) is 6.13. The van der Waals surface area contributed by atoms with E-state index in [1.807, 2.05) is 12.1 Å². The molecule has 2 aliphatic rings. The van der Waals surface area contributed by atoms with Gasteiger partial charge in [0.2, 0.25) is 0 Å². The summed E-state index contributed by atoms with van der Waals surface area (Å²) in [5, 5.41) is 7.36. The van der Waals surface area contributed by atoms with Crippen LogP contribution in [0.15, 0.2) is 12.1 Å². The van der Waals surface area contributed by atoms with Crippen LogP contribution >= 0.6 is 23.2 Å². The van der Waals surface area contributed by atoms with Crippen molar-refractivity contribution in [2.24, 2.45) is 5.92 Å². The fourth-order valence-corrected chi connectivity index (χ4v) is 4.41. The third kappa shape index (κ3) is 4.42. The van der Waals surface area contributed by atoms with E-state index in [1.165, 1.54) is 19.4 Å². The molecule has 6 heteroatoms. The molecule has 4 nitrogen and oxygen atoms in total. The predicted octanol–water partition coefficient (Wildman–Crippen LogP) is 4.40. The van der Waals surface area contributed by atoms with Gasteiger partial charge in [-0.2, -0.15) is 0 Å². The molecule has 1 fully saturated rings. The van der Waals surface area contributed by atoms with Crippen LogP contribution in [0.3, 0.4) is 0 Å². The number of piperidine rings is 1. The van der Waals surface area contributed by atoms with Crippen molar-refractivity contribution in [1.82, 2.24) is 15.5 Å². The molecule has 2 N–H and O–H groups in total. The van der Waals surface area contributed by atoms with Gasteiger partial charge in [-0.3, -0.25) is 0 Å². The third-order valence-electron chi connectivity index (χ3n) is 5.43. The third-order valence-corrected chi connectivity index (χ3v) is 6.27. The molecule has 0 bridgehead atoms. The van der Waals surface area contributed by atoms with E-state index in [2.05, 4.69) is 29.4 Å². The minimum Gasteiger partial charge on any atom is -0.338 e. The van der Waals surface area contributed by atoms with Gasteiger partial charge in [0, 0.05) is 19.1 Å². The number of carbonyl (C=O) groups is 1. The molecular formula is C19H27Cl2N3O. The number of rotatable bonds is 4. The Hall–Kier alpha value is -0.970. The van der Waals surface area contributed by atoms with Gasteiger partial charge in [0.25, 0.3) is 0 Å². The number of fused-ring (bicyclic) bond motifs is 1. The van der Waals surface area contributed by atoms with E-state index in [4.69, 9.17) is 23.2 Å². The Morgan fingerprint density at radius 3 is 2.88 bits per heavy atom. The van der Waals surface area contributed by atoms with Crippen LogP contribution in [0.5, 0.6) is 0 Å². The molecule has 2 amide bonds. The Labute approximate surface area is 160 Å². The maximum atomic E-state index is 12.3. The Morgan fingerprint density at radius 2 is 2.12 bits per heavy atom. The quantitative estimate of drug-likeness (QED) is 0.808. The minimum absolute atomic E-state index is 0.0169. The molecule has 1 aliphatic heterocycles. The summed E-state index contributed by atoms with van der Waals surface area (Å²) in [6.07, 6.45) is 4.12. The minimum atomic E-state index is -0.0920. The van der Waals surface area contributed by atoms with Crippen LogP contribution in [0.4, 0.5) is 4.79 Å². The second-order valence-electron chi connectivity index (χ2n) is 7.47. The van der Waals surface area contributed by atoms with Crippen molar-refractivity contribution in [3.63, 3.8) is 0 Å². The number of nitrogens with one attached hydrogen (secondary N) is 2. The first-order valence-corrected chi connectivity index (χ1v) is 9.96. The highest BCUT2D eigenvalue weighted by atomic mass is 35.5. The smallest absolute Gasteiger partial charge is 0.315 e. The number of carbonyl (C=O) groups excluding carboxylic acids is 1. The lowest BCUT2D eigenvalue weighted by atomic mass is 9.97. The summed E-state index contributed by atoms with van der Waals surface area (Å²) >= 11 is 12.4. The first-order valence-electron chi connectivity index (χ1n) is 9.21. The molecule has 0 radical (unpaired) electrons. The molecule has 138 valence electrons. The van der Waals surface area contributed by atoms with Crippen LogP contribution < -0.4 is 10.6 Å².